The number of aromatic nitrogens is 1. The molecule has 4 aromatic rings. The molecule has 0 amide bonds. The molecule has 1 aromatic heterocycles. The molecule has 0 aliphatic carbocycles. The van der Waals surface area contributed by atoms with E-state index in [1.807, 2.05) is 17.1 Å². The summed E-state index contributed by atoms with van der Waals surface area (Å²) in [5.74, 6) is -0.527. The number of anilines is 3. The average molecular weight is 590 g/mol. The minimum atomic E-state index is -0.527. The number of fused-ring (bicyclic) bond motifs is 2. The molecule has 0 saturated heterocycles. The molecule has 11 heteroatoms. The van der Waals surface area contributed by atoms with E-state index in [1.54, 1.807) is 6.07 Å². The smallest absolute Gasteiger partial charge is 0.141 e. The summed E-state index contributed by atoms with van der Waals surface area (Å²) in [5, 5.41) is 23.3. The lowest BCUT2D eigenvalue weighted by Crippen LogP contribution is -2.41. The molecule has 3 heterocycles. The normalized spacial score (nSPS) is 15.0. The number of halogens is 3. The molecule has 5 N–H and O–H groups in total. The SMILES string of the molecule is CC(C)N1C=C([C@@H](Nc2cc(Cl)c3ncc(C#N)c(Nc4ccc(F)c(Cl)c4)c3c2)c2cccc3c2CNC3)NN1. The monoisotopic (exact) mass is 588 g/mol. The summed E-state index contributed by atoms with van der Waals surface area (Å²) in [4.78, 5) is 4.46. The van der Waals surface area contributed by atoms with E-state index in [-0.39, 0.29) is 17.1 Å². The van der Waals surface area contributed by atoms with Gasteiger partial charge in [0.2, 0.25) is 0 Å². The van der Waals surface area contributed by atoms with E-state index in [4.69, 9.17) is 23.2 Å². The van der Waals surface area contributed by atoms with Gasteiger partial charge in [-0.2, -0.15) is 5.26 Å². The second-order valence-electron chi connectivity index (χ2n) is 10.3. The first-order valence-electron chi connectivity index (χ1n) is 13.2. The molecule has 2 aliphatic rings. The van der Waals surface area contributed by atoms with Crippen LogP contribution in [0.25, 0.3) is 10.9 Å². The fourth-order valence-electron chi connectivity index (χ4n) is 5.17. The quantitative estimate of drug-likeness (QED) is 0.164. The van der Waals surface area contributed by atoms with Crippen LogP contribution in [0.4, 0.5) is 21.5 Å². The van der Waals surface area contributed by atoms with E-state index < -0.39 is 5.82 Å². The minimum Gasteiger partial charge on any atom is -0.373 e. The zero-order chi connectivity index (χ0) is 28.7. The van der Waals surface area contributed by atoms with Crippen LogP contribution in [0.1, 0.15) is 42.1 Å². The van der Waals surface area contributed by atoms with Crippen molar-refractivity contribution in [1.29, 1.82) is 5.26 Å². The topological polar surface area (TPSA) is 100 Å². The van der Waals surface area contributed by atoms with Crippen molar-refractivity contribution in [3.05, 3.63) is 105 Å². The number of hydrogen-bond acceptors (Lipinski definition) is 8. The van der Waals surface area contributed by atoms with Crippen molar-refractivity contribution in [3.63, 3.8) is 0 Å². The summed E-state index contributed by atoms with van der Waals surface area (Å²) >= 11 is 12.8. The molecule has 0 spiro atoms. The fraction of sp³-hybridized carbons (Fsp3) is 0.200. The van der Waals surface area contributed by atoms with Gasteiger partial charge in [0.05, 0.1) is 38.6 Å². The Morgan fingerprint density at radius 2 is 1.90 bits per heavy atom. The van der Waals surface area contributed by atoms with Crippen LogP contribution in [-0.4, -0.2) is 16.0 Å². The van der Waals surface area contributed by atoms with E-state index in [1.165, 1.54) is 29.5 Å². The van der Waals surface area contributed by atoms with Gasteiger partial charge < -0.3 is 21.4 Å². The average Bonchev–Trinajstić information content (AvgIpc) is 3.64. The molecular formula is C30H27Cl2FN8. The minimum absolute atomic E-state index is 0.0265. The molecule has 3 aromatic carbocycles. The molecule has 0 fully saturated rings. The zero-order valence-electron chi connectivity index (χ0n) is 22.3. The third-order valence-electron chi connectivity index (χ3n) is 7.26. The van der Waals surface area contributed by atoms with Crippen molar-refractivity contribution in [1.82, 2.24) is 26.3 Å². The van der Waals surface area contributed by atoms with Crippen molar-refractivity contribution >= 4 is 51.2 Å². The summed E-state index contributed by atoms with van der Waals surface area (Å²) in [6.45, 7) is 5.81. The van der Waals surface area contributed by atoms with Crippen LogP contribution >= 0.6 is 23.2 Å². The van der Waals surface area contributed by atoms with E-state index >= 15 is 0 Å². The molecule has 2 aliphatic heterocycles. The Kier molecular flexibility index (Phi) is 7.32. The van der Waals surface area contributed by atoms with Crippen LogP contribution in [0.5, 0.6) is 0 Å². The number of nitrogens with one attached hydrogen (secondary N) is 5. The first-order chi connectivity index (χ1) is 19.8. The van der Waals surface area contributed by atoms with Crippen LogP contribution in [-0.2, 0) is 13.1 Å². The van der Waals surface area contributed by atoms with Crippen LogP contribution in [0, 0.1) is 17.1 Å². The van der Waals surface area contributed by atoms with Crippen molar-refractivity contribution in [2.75, 3.05) is 10.6 Å². The molecule has 41 heavy (non-hydrogen) atoms. The van der Waals surface area contributed by atoms with Crippen molar-refractivity contribution in [3.8, 4) is 6.07 Å². The first-order valence-corrected chi connectivity index (χ1v) is 13.9. The van der Waals surface area contributed by atoms with E-state index in [0.717, 1.165) is 30.0 Å². The first kappa shape index (κ1) is 27.1. The summed E-state index contributed by atoms with van der Waals surface area (Å²) in [5.41, 5.74) is 13.8. The van der Waals surface area contributed by atoms with Gasteiger partial charge in [-0.3, -0.25) is 9.99 Å². The highest BCUT2D eigenvalue weighted by Gasteiger charge is 2.28. The highest BCUT2D eigenvalue weighted by Crippen LogP contribution is 2.38. The van der Waals surface area contributed by atoms with Gasteiger partial charge in [0.1, 0.15) is 11.9 Å². The number of hydrazine groups is 2. The molecule has 1 atom stereocenters. The van der Waals surface area contributed by atoms with Gasteiger partial charge in [0.25, 0.3) is 0 Å². The third kappa shape index (κ3) is 5.23. The van der Waals surface area contributed by atoms with Crippen molar-refractivity contribution in [2.45, 2.75) is 39.0 Å². The van der Waals surface area contributed by atoms with Crippen LogP contribution in [0.2, 0.25) is 10.0 Å². The molecule has 8 nitrogen and oxygen atoms in total. The number of nitriles is 1. The molecule has 6 rings (SSSR count). The van der Waals surface area contributed by atoms with Gasteiger partial charge in [-0.25, -0.2) is 4.39 Å². The highest BCUT2D eigenvalue weighted by atomic mass is 35.5. The third-order valence-corrected chi connectivity index (χ3v) is 7.84. The lowest BCUT2D eigenvalue weighted by atomic mass is 9.95. The van der Waals surface area contributed by atoms with Crippen LogP contribution in [0.15, 0.2) is 66.6 Å². The summed E-state index contributed by atoms with van der Waals surface area (Å²) < 4.78 is 13.8. The number of rotatable bonds is 7. The van der Waals surface area contributed by atoms with Gasteiger partial charge in [-0.15, -0.1) is 5.53 Å². The zero-order valence-corrected chi connectivity index (χ0v) is 23.8. The second kappa shape index (κ2) is 11.1. The lowest BCUT2D eigenvalue weighted by Gasteiger charge is -2.24. The number of hydrogen-bond donors (Lipinski definition) is 5. The molecular weight excluding hydrogens is 562 g/mol. The van der Waals surface area contributed by atoms with Crippen molar-refractivity contribution in [2.24, 2.45) is 0 Å². The van der Waals surface area contributed by atoms with E-state index in [9.17, 15) is 9.65 Å². The molecule has 0 unspecified atom stereocenters. The maximum Gasteiger partial charge on any atom is 0.141 e. The second-order valence-corrected chi connectivity index (χ2v) is 11.1. The predicted octanol–water partition coefficient (Wildman–Crippen LogP) is 6.63. The maximum atomic E-state index is 13.8. The Labute approximate surface area is 247 Å². The molecule has 0 saturated carbocycles. The Balaban J connectivity index is 1.46. The number of pyridine rings is 1. The van der Waals surface area contributed by atoms with E-state index in [0.29, 0.717) is 32.9 Å². The number of benzene rings is 3. The molecule has 0 bridgehead atoms. The largest absolute Gasteiger partial charge is 0.373 e. The van der Waals surface area contributed by atoms with Gasteiger partial charge in [-0.05, 0) is 60.9 Å². The number of nitrogens with zero attached hydrogens (tertiary/aromatic N) is 3. The molecule has 0 radical (unpaired) electrons. The standard InChI is InChI=1S/C30H27Cl2FN8/c1-16(2)41-15-27(39-40-41)30(21-5-3-4-17-12-35-14-23(17)21)38-20-8-22-28(37-19-6-7-26(33)24(31)9-19)18(11-34)13-36-29(22)25(32)10-20/h3-10,13,15-16,30,35,38-40H,12,14H2,1-2H3,(H,36,37)/t30-/m0/s1. The highest BCUT2D eigenvalue weighted by molar-refractivity contribution is 6.36. The predicted molar refractivity (Wildman–Crippen MR) is 161 cm³/mol. The van der Waals surface area contributed by atoms with Gasteiger partial charge in [-0.1, -0.05) is 41.4 Å². The Morgan fingerprint density at radius 3 is 2.66 bits per heavy atom. The Morgan fingerprint density at radius 1 is 1.07 bits per heavy atom. The fourth-order valence-corrected chi connectivity index (χ4v) is 5.62. The Hall–Kier alpha value is -4.07. The van der Waals surface area contributed by atoms with Gasteiger partial charge >= 0.3 is 0 Å². The summed E-state index contributed by atoms with van der Waals surface area (Å²) in [7, 11) is 0. The summed E-state index contributed by atoms with van der Waals surface area (Å²) in [6, 6.07) is 16.6. The van der Waals surface area contributed by atoms with E-state index in [2.05, 4.69) is 76.2 Å². The van der Waals surface area contributed by atoms with Crippen LogP contribution in [0.3, 0.4) is 0 Å². The summed E-state index contributed by atoms with van der Waals surface area (Å²) in [6.07, 6.45) is 3.53. The lowest BCUT2D eigenvalue weighted by molar-refractivity contribution is 0.221. The molecule has 208 valence electrons. The van der Waals surface area contributed by atoms with Gasteiger partial charge in [0, 0.05) is 48.3 Å². The van der Waals surface area contributed by atoms with Gasteiger partial charge in [0.15, 0.2) is 0 Å². The Bertz CT molecular complexity index is 1730. The van der Waals surface area contributed by atoms with Crippen LogP contribution < -0.4 is 26.9 Å². The maximum absolute atomic E-state index is 13.8. The van der Waals surface area contributed by atoms with Crippen molar-refractivity contribution < 1.29 is 4.39 Å².